The van der Waals surface area contributed by atoms with E-state index in [-0.39, 0.29) is 6.42 Å². The molecule has 0 spiro atoms. The summed E-state index contributed by atoms with van der Waals surface area (Å²) in [6.07, 6.45) is 4.64. The minimum absolute atomic E-state index is 0.137. The maximum Gasteiger partial charge on any atom is 0.365 e. The lowest BCUT2D eigenvalue weighted by Crippen LogP contribution is -1.95. The molecule has 74 valence electrons. The molecule has 5 heteroatoms. The van der Waals surface area contributed by atoms with Crippen LogP contribution in [0.25, 0.3) is 0 Å². The molecule has 0 aliphatic rings. The van der Waals surface area contributed by atoms with Gasteiger partial charge in [0, 0.05) is 12.5 Å². The van der Waals surface area contributed by atoms with Crippen molar-refractivity contribution in [2.45, 2.75) is 25.7 Å². The molecular formula is C8H12O5. The smallest absolute Gasteiger partial charge is 0.365 e. The molecule has 0 aliphatic heterocycles. The molecule has 5 nitrogen and oxygen atoms in total. The summed E-state index contributed by atoms with van der Waals surface area (Å²) in [5.41, 5.74) is 0. The van der Waals surface area contributed by atoms with Crippen LogP contribution in [0.5, 0.6) is 0 Å². The molecule has 0 heterocycles. The zero-order chi connectivity index (χ0) is 10.1. The van der Waals surface area contributed by atoms with Crippen LogP contribution < -0.4 is 0 Å². The summed E-state index contributed by atoms with van der Waals surface area (Å²) in [6, 6.07) is 0. The second-order valence-corrected chi connectivity index (χ2v) is 2.45. The minimum Gasteiger partial charge on any atom is -0.481 e. The van der Waals surface area contributed by atoms with E-state index in [4.69, 9.17) is 10.4 Å². The van der Waals surface area contributed by atoms with Crippen molar-refractivity contribution in [3.8, 4) is 0 Å². The lowest BCUT2D eigenvalue weighted by molar-refractivity contribution is -0.228. The second kappa shape index (κ2) is 7.30. The van der Waals surface area contributed by atoms with E-state index < -0.39 is 11.9 Å². The first-order valence-corrected chi connectivity index (χ1v) is 3.90. The average molecular weight is 188 g/mol. The van der Waals surface area contributed by atoms with Crippen molar-refractivity contribution in [2.24, 2.45) is 0 Å². The highest BCUT2D eigenvalue weighted by Crippen LogP contribution is 2.00. The number of unbranched alkanes of at least 4 members (excludes halogenated alkanes) is 2. The highest BCUT2D eigenvalue weighted by atomic mass is 17.1. The first-order chi connectivity index (χ1) is 6.16. The third-order valence-electron chi connectivity index (χ3n) is 1.36. The summed E-state index contributed by atoms with van der Waals surface area (Å²) in [5.74, 6) is -1.64. The fourth-order valence-electron chi connectivity index (χ4n) is 0.748. The molecule has 0 aromatic carbocycles. The molecule has 0 amide bonds. The van der Waals surface area contributed by atoms with E-state index in [0.717, 1.165) is 6.08 Å². The molecule has 0 fully saturated rings. The van der Waals surface area contributed by atoms with Crippen molar-refractivity contribution in [1.82, 2.24) is 0 Å². The topological polar surface area (TPSA) is 83.8 Å². The van der Waals surface area contributed by atoms with Crippen molar-refractivity contribution in [2.75, 3.05) is 0 Å². The number of carboxylic acid groups (broad SMARTS) is 1. The van der Waals surface area contributed by atoms with E-state index in [1.54, 1.807) is 0 Å². The van der Waals surface area contributed by atoms with E-state index in [2.05, 4.69) is 4.89 Å². The molecule has 0 aliphatic carbocycles. The molecule has 0 aromatic heterocycles. The third kappa shape index (κ3) is 8.55. The Morgan fingerprint density at radius 2 is 2.00 bits per heavy atom. The molecule has 0 radical (unpaired) electrons. The summed E-state index contributed by atoms with van der Waals surface area (Å²) in [5, 5.41) is 16.1. The maximum atomic E-state index is 10.3. The fourth-order valence-corrected chi connectivity index (χ4v) is 0.748. The average Bonchev–Trinajstić information content (AvgIpc) is 2.10. The summed E-state index contributed by atoms with van der Waals surface area (Å²) in [7, 11) is 0. The van der Waals surface area contributed by atoms with Crippen molar-refractivity contribution >= 4 is 11.9 Å². The number of hydrogen-bond acceptors (Lipinski definition) is 4. The van der Waals surface area contributed by atoms with Crippen molar-refractivity contribution < 1.29 is 24.8 Å². The standard InChI is InChI=1S/C8H12O5/c9-7(10)5-3-1-2-4-6-8(11)13-12/h4,6,12H,1-3,5H2,(H,9,10). The molecule has 0 rings (SSSR count). The van der Waals surface area contributed by atoms with Crippen LogP contribution in [-0.2, 0) is 14.5 Å². The molecule has 2 N–H and O–H groups in total. The van der Waals surface area contributed by atoms with Gasteiger partial charge in [0.1, 0.15) is 0 Å². The fraction of sp³-hybridized carbons (Fsp3) is 0.500. The zero-order valence-electron chi connectivity index (χ0n) is 7.10. The normalized spacial score (nSPS) is 10.2. The molecule has 0 saturated heterocycles. The lowest BCUT2D eigenvalue weighted by Gasteiger charge is -1.92. The quantitative estimate of drug-likeness (QED) is 0.283. The summed E-state index contributed by atoms with van der Waals surface area (Å²) >= 11 is 0. The Morgan fingerprint density at radius 1 is 1.31 bits per heavy atom. The van der Waals surface area contributed by atoms with Crippen molar-refractivity contribution in [3.63, 3.8) is 0 Å². The number of carboxylic acids is 1. The summed E-state index contributed by atoms with van der Waals surface area (Å²) in [4.78, 5) is 23.7. The van der Waals surface area contributed by atoms with Crippen LogP contribution >= 0.6 is 0 Å². The summed E-state index contributed by atoms with van der Waals surface area (Å²) < 4.78 is 0. The summed E-state index contributed by atoms with van der Waals surface area (Å²) in [6.45, 7) is 0. The van der Waals surface area contributed by atoms with Gasteiger partial charge in [-0.15, -0.1) is 0 Å². The highest BCUT2D eigenvalue weighted by Gasteiger charge is 1.95. The lowest BCUT2D eigenvalue weighted by atomic mass is 10.2. The van der Waals surface area contributed by atoms with Crippen molar-refractivity contribution in [1.29, 1.82) is 0 Å². The van der Waals surface area contributed by atoms with Crippen LogP contribution in [-0.4, -0.2) is 22.3 Å². The Hall–Kier alpha value is -1.36. The van der Waals surface area contributed by atoms with Gasteiger partial charge in [-0.1, -0.05) is 6.08 Å². The second-order valence-electron chi connectivity index (χ2n) is 2.45. The monoisotopic (exact) mass is 188 g/mol. The number of carbonyl (C=O) groups excluding carboxylic acids is 1. The van der Waals surface area contributed by atoms with Crippen LogP contribution in [0.2, 0.25) is 0 Å². The molecule has 0 atom stereocenters. The number of aliphatic carboxylic acids is 1. The molecule has 0 unspecified atom stereocenters. The van der Waals surface area contributed by atoms with Gasteiger partial charge in [-0.05, 0) is 19.3 Å². The number of hydrogen-bond donors (Lipinski definition) is 2. The minimum atomic E-state index is -0.821. The van der Waals surface area contributed by atoms with Crippen LogP contribution in [0, 0.1) is 0 Å². The number of allylic oxidation sites excluding steroid dienone is 1. The van der Waals surface area contributed by atoms with Gasteiger partial charge in [0.05, 0.1) is 0 Å². The SMILES string of the molecule is O=C(O)CCCCC=CC(=O)OO. The Kier molecular flexibility index (Phi) is 6.53. The Labute approximate surface area is 75.6 Å². The Morgan fingerprint density at radius 3 is 2.54 bits per heavy atom. The molecule has 13 heavy (non-hydrogen) atoms. The van der Waals surface area contributed by atoms with Gasteiger partial charge >= 0.3 is 11.9 Å². The first-order valence-electron chi connectivity index (χ1n) is 3.90. The number of carbonyl (C=O) groups is 2. The van der Waals surface area contributed by atoms with Crippen molar-refractivity contribution in [3.05, 3.63) is 12.2 Å². The largest absolute Gasteiger partial charge is 0.481 e. The Bertz CT molecular complexity index is 197. The molecular weight excluding hydrogens is 176 g/mol. The van der Waals surface area contributed by atoms with Crippen LogP contribution in [0.15, 0.2) is 12.2 Å². The molecule has 0 saturated carbocycles. The number of rotatable bonds is 6. The van der Waals surface area contributed by atoms with Gasteiger partial charge in [0.2, 0.25) is 0 Å². The van der Waals surface area contributed by atoms with E-state index in [1.165, 1.54) is 6.08 Å². The van der Waals surface area contributed by atoms with Gasteiger partial charge in [0.25, 0.3) is 0 Å². The molecule has 0 aromatic rings. The van der Waals surface area contributed by atoms with Crippen LogP contribution in [0.1, 0.15) is 25.7 Å². The first kappa shape index (κ1) is 11.6. The molecule has 0 bridgehead atoms. The van der Waals surface area contributed by atoms with Gasteiger partial charge in [-0.2, -0.15) is 5.26 Å². The third-order valence-corrected chi connectivity index (χ3v) is 1.36. The van der Waals surface area contributed by atoms with E-state index in [1.807, 2.05) is 0 Å². The zero-order valence-corrected chi connectivity index (χ0v) is 7.10. The van der Waals surface area contributed by atoms with E-state index in [9.17, 15) is 9.59 Å². The Balaban J connectivity index is 3.30. The van der Waals surface area contributed by atoms with Gasteiger partial charge < -0.3 is 5.11 Å². The van der Waals surface area contributed by atoms with Crippen LogP contribution in [0.3, 0.4) is 0 Å². The van der Waals surface area contributed by atoms with Gasteiger partial charge in [-0.3, -0.25) is 9.68 Å². The van der Waals surface area contributed by atoms with Crippen LogP contribution in [0.4, 0.5) is 0 Å². The van der Waals surface area contributed by atoms with Gasteiger partial charge in [0.15, 0.2) is 0 Å². The highest BCUT2D eigenvalue weighted by molar-refractivity contribution is 5.81. The van der Waals surface area contributed by atoms with E-state index >= 15 is 0 Å². The predicted octanol–water partition coefficient (Wildman–Crippen LogP) is 1.20. The predicted molar refractivity (Wildman–Crippen MR) is 44.0 cm³/mol. The van der Waals surface area contributed by atoms with E-state index in [0.29, 0.717) is 19.3 Å². The van der Waals surface area contributed by atoms with Gasteiger partial charge in [-0.25, -0.2) is 4.79 Å². The maximum absolute atomic E-state index is 10.3.